The molecule has 1 aromatic rings. The maximum atomic E-state index is 13.6. The third-order valence-corrected chi connectivity index (χ3v) is 4.35. The van der Waals surface area contributed by atoms with Crippen LogP contribution in [0.3, 0.4) is 0 Å². The number of hydrogen-bond acceptors (Lipinski definition) is 4. The molecule has 6 nitrogen and oxygen atoms in total. The second-order valence-electron chi connectivity index (χ2n) is 6.86. The number of amides is 2. The average molecular weight is 350 g/mol. The van der Waals surface area contributed by atoms with Crippen LogP contribution in [0.15, 0.2) is 18.2 Å². The van der Waals surface area contributed by atoms with Crippen LogP contribution in [0.5, 0.6) is 0 Å². The van der Waals surface area contributed by atoms with E-state index in [1.54, 1.807) is 13.0 Å². The summed E-state index contributed by atoms with van der Waals surface area (Å²) in [7, 11) is 2.11. The summed E-state index contributed by atoms with van der Waals surface area (Å²) in [6, 6.07) is 4.36. The van der Waals surface area contributed by atoms with Crippen LogP contribution in [-0.2, 0) is 9.59 Å². The molecule has 1 saturated heterocycles. The average Bonchev–Trinajstić information content (AvgIpc) is 2.58. The monoisotopic (exact) mass is 350 g/mol. The standard InChI is InChI=1S/C18H27FN4O2/c1-13-4-5-15(19)16(10-13)21-18(25)17(24)20-11-14(2)12-23-8-6-22(3)7-9-23/h4-5,10,14H,6-9,11-12H2,1-3H3,(H,20,24)(H,21,25). The Morgan fingerprint density at radius 1 is 1.20 bits per heavy atom. The molecule has 2 amide bonds. The van der Waals surface area contributed by atoms with Crippen LogP contribution in [0.1, 0.15) is 12.5 Å². The van der Waals surface area contributed by atoms with Crippen LogP contribution in [0.2, 0.25) is 0 Å². The van der Waals surface area contributed by atoms with Gasteiger partial charge in [0.2, 0.25) is 0 Å². The molecule has 0 aliphatic carbocycles. The molecule has 1 aromatic carbocycles. The number of hydrogen-bond donors (Lipinski definition) is 2. The van der Waals surface area contributed by atoms with Gasteiger partial charge in [0, 0.05) is 39.3 Å². The molecule has 1 unspecified atom stereocenters. The lowest BCUT2D eigenvalue weighted by molar-refractivity contribution is -0.136. The van der Waals surface area contributed by atoms with Gasteiger partial charge in [-0.3, -0.25) is 9.59 Å². The van der Waals surface area contributed by atoms with Crippen molar-refractivity contribution >= 4 is 17.5 Å². The van der Waals surface area contributed by atoms with Gasteiger partial charge in [0.15, 0.2) is 0 Å². The van der Waals surface area contributed by atoms with E-state index in [0.29, 0.717) is 6.54 Å². The van der Waals surface area contributed by atoms with Gasteiger partial charge in [0.05, 0.1) is 5.69 Å². The molecule has 25 heavy (non-hydrogen) atoms. The molecule has 7 heteroatoms. The quantitative estimate of drug-likeness (QED) is 0.780. The van der Waals surface area contributed by atoms with Gasteiger partial charge in [-0.25, -0.2) is 4.39 Å². The Kier molecular flexibility index (Phi) is 6.90. The predicted molar refractivity (Wildman–Crippen MR) is 95.9 cm³/mol. The number of anilines is 1. The van der Waals surface area contributed by atoms with Crippen molar-refractivity contribution < 1.29 is 14.0 Å². The van der Waals surface area contributed by atoms with E-state index in [1.807, 2.05) is 6.92 Å². The molecule has 0 radical (unpaired) electrons. The summed E-state index contributed by atoms with van der Waals surface area (Å²) in [4.78, 5) is 28.5. The number of carbonyl (C=O) groups excluding carboxylic acids is 2. The highest BCUT2D eigenvalue weighted by atomic mass is 19.1. The number of nitrogens with one attached hydrogen (secondary N) is 2. The van der Waals surface area contributed by atoms with Gasteiger partial charge < -0.3 is 20.4 Å². The van der Waals surface area contributed by atoms with Crippen molar-refractivity contribution in [1.29, 1.82) is 0 Å². The molecule has 138 valence electrons. The Labute approximate surface area is 148 Å². The van der Waals surface area contributed by atoms with Gasteiger partial charge >= 0.3 is 11.8 Å². The number of carbonyl (C=O) groups is 2. The van der Waals surface area contributed by atoms with E-state index in [4.69, 9.17) is 0 Å². The maximum absolute atomic E-state index is 13.6. The fourth-order valence-electron chi connectivity index (χ4n) is 2.80. The minimum Gasteiger partial charge on any atom is -0.348 e. The van der Waals surface area contributed by atoms with E-state index in [2.05, 4.69) is 27.5 Å². The van der Waals surface area contributed by atoms with Gasteiger partial charge in [-0.2, -0.15) is 0 Å². The van der Waals surface area contributed by atoms with Crippen molar-refractivity contribution in [2.45, 2.75) is 13.8 Å². The first-order valence-electron chi connectivity index (χ1n) is 8.61. The molecule has 0 aromatic heterocycles. The van der Waals surface area contributed by atoms with Gasteiger partial charge in [-0.15, -0.1) is 0 Å². The molecule has 1 atom stereocenters. The lowest BCUT2D eigenvalue weighted by atomic mass is 10.1. The van der Waals surface area contributed by atoms with Crippen LogP contribution in [-0.4, -0.2) is 67.9 Å². The van der Waals surface area contributed by atoms with Crippen LogP contribution in [0, 0.1) is 18.7 Å². The normalized spacial score (nSPS) is 17.1. The van der Waals surface area contributed by atoms with Gasteiger partial charge in [0.1, 0.15) is 5.82 Å². The van der Waals surface area contributed by atoms with Crippen molar-refractivity contribution in [3.05, 3.63) is 29.6 Å². The van der Waals surface area contributed by atoms with E-state index in [9.17, 15) is 14.0 Å². The van der Waals surface area contributed by atoms with Crippen molar-refractivity contribution in [1.82, 2.24) is 15.1 Å². The molecule has 0 bridgehead atoms. The zero-order chi connectivity index (χ0) is 18.4. The van der Waals surface area contributed by atoms with Crippen molar-refractivity contribution in [2.75, 3.05) is 51.6 Å². The van der Waals surface area contributed by atoms with Crippen LogP contribution in [0.4, 0.5) is 10.1 Å². The Bertz CT molecular complexity index is 615. The van der Waals surface area contributed by atoms with Crippen molar-refractivity contribution in [2.24, 2.45) is 5.92 Å². The Balaban J connectivity index is 1.75. The fourth-order valence-corrected chi connectivity index (χ4v) is 2.80. The first-order valence-corrected chi connectivity index (χ1v) is 8.61. The van der Waals surface area contributed by atoms with E-state index in [1.165, 1.54) is 12.1 Å². The number of likely N-dealkylation sites (N-methyl/N-ethyl adjacent to an activating group) is 1. The number of halogens is 1. The third-order valence-electron chi connectivity index (χ3n) is 4.35. The van der Waals surface area contributed by atoms with E-state index in [0.717, 1.165) is 38.3 Å². The summed E-state index contributed by atoms with van der Waals surface area (Å²) in [5.74, 6) is -1.92. The summed E-state index contributed by atoms with van der Waals surface area (Å²) in [6.45, 7) is 9.24. The molecule has 1 aliphatic heterocycles. The van der Waals surface area contributed by atoms with Crippen molar-refractivity contribution in [3.63, 3.8) is 0 Å². The molecule has 0 spiro atoms. The fraction of sp³-hybridized carbons (Fsp3) is 0.556. The molecule has 1 aliphatic rings. The largest absolute Gasteiger partial charge is 0.348 e. The minimum atomic E-state index is -0.851. The molecular formula is C18H27FN4O2. The smallest absolute Gasteiger partial charge is 0.313 e. The lowest BCUT2D eigenvalue weighted by Gasteiger charge is -2.33. The topological polar surface area (TPSA) is 64.7 Å². The highest BCUT2D eigenvalue weighted by Gasteiger charge is 2.19. The Morgan fingerprint density at radius 3 is 2.56 bits per heavy atom. The highest BCUT2D eigenvalue weighted by Crippen LogP contribution is 2.15. The first kappa shape index (κ1) is 19.3. The summed E-state index contributed by atoms with van der Waals surface area (Å²) in [6.07, 6.45) is 0. The summed E-state index contributed by atoms with van der Waals surface area (Å²) >= 11 is 0. The van der Waals surface area contributed by atoms with E-state index >= 15 is 0 Å². The number of aryl methyl sites for hydroxylation is 1. The van der Waals surface area contributed by atoms with E-state index in [-0.39, 0.29) is 11.6 Å². The number of benzene rings is 1. The molecule has 1 heterocycles. The van der Waals surface area contributed by atoms with Gasteiger partial charge in [-0.1, -0.05) is 13.0 Å². The zero-order valence-electron chi connectivity index (χ0n) is 15.1. The molecule has 1 fully saturated rings. The maximum Gasteiger partial charge on any atom is 0.313 e. The number of nitrogens with zero attached hydrogens (tertiary/aromatic N) is 2. The Hall–Kier alpha value is -1.99. The van der Waals surface area contributed by atoms with Gasteiger partial charge in [-0.05, 0) is 37.6 Å². The predicted octanol–water partition coefficient (Wildman–Crippen LogP) is 1.07. The molecule has 2 N–H and O–H groups in total. The van der Waals surface area contributed by atoms with Crippen LogP contribution >= 0.6 is 0 Å². The minimum absolute atomic E-state index is 0.0191. The van der Waals surface area contributed by atoms with Crippen LogP contribution < -0.4 is 10.6 Å². The lowest BCUT2D eigenvalue weighted by Crippen LogP contribution is -2.47. The highest BCUT2D eigenvalue weighted by molar-refractivity contribution is 6.39. The second kappa shape index (κ2) is 8.92. The number of piperazine rings is 1. The Morgan fingerprint density at radius 2 is 1.88 bits per heavy atom. The SMILES string of the molecule is Cc1ccc(F)c(NC(=O)C(=O)NCC(C)CN2CCN(C)CC2)c1. The molecule has 0 saturated carbocycles. The molecular weight excluding hydrogens is 323 g/mol. The first-order chi connectivity index (χ1) is 11.8. The second-order valence-corrected chi connectivity index (χ2v) is 6.86. The summed E-state index contributed by atoms with van der Waals surface area (Å²) in [5, 5.41) is 4.94. The number of rotatable bonds is 5. The zero-order valence-corrected chi connectivity index (χ0v) is 15.1. The molecule has 2 rings (SSSR count). The summed E-state index contributed by atoms with van der Waals surface area (Å²) < 4.78 is 13.6. The van der Waals surface area contributed by atoms with E-state index < -0.39 is 17.6 Å². The van der Waals surface area contributed by atoms with Gasteiger partial charge in [0.25, 0.3) is 0 Å². The summed E-state index contributed by atoms with van der Waals surface area (Å²) in [5.41, 5.74) is 0.823. The van der Waals surface area contributed by atoms with Crippen molar-refractivity contribution in [3.8, 4) is 0 Å². The van der Waals surface area contributed by atoms with Crippen LogP contribution in [0.25, 0.3) is 0 Å². The third kappa shape index (κ3) is 6.10.